The van der Waals surface area contributed by atoms with Gasteiger partial charge in [0, 0.05) is 5.92 Å². The maximum Gasteiger partial charge on any atom is 0.412 e. The van der Waals surface area contributed by atoms with Gasteiger partial charge in [-0.15, -0.1) is 0 Å². The minimum absolute atomic E-state index is 0.262. The Morgan fingerprint density at radius 3 is 2.72 bits per heavy atom. The number of carbonyl (C=O) groups is 1. The molecule has 18 heavy (non-hydrogen) atoms. The van der Waals surface area contributed by atoms with Crippen LogP contribution >= 0.6 is 0 Å². The molecule has 0 spiro atoms. The summed E-state index contributed by atoms with van der Waals surface area (Å²) in [6.07, 6.45) is 3.54. The quantitative estimate of drug-likeness (QED) is 0.894. The van der Waals surface area contributed by atoms with Gasteiger partial charge in [-0.3, -0.25) is 5.32 Å². The molecule has 100 valence electrons. The number of nitrogens with zero attached hydrogens (tertiary/aromatic N) is 2. The highest BCUT2D eigenvalue weighted by Crippen LogP contribution is 2.23. The van der Waals surface area contributed by atoms with E-state index in [1.54, 1.807) is 6.20 Å². The number of hydrogen-bond acceptors (Lipinski definition) is 4. The number of aromatic nitrogens is 2. The van der Waals surface area contributed by atoms with Crippen LogP contribution in [0, 0.1) is 0 Å². The minimum atomic E-state index is -0.518. The van der Waals surface area contributed by atoms with Crippen molar-refractivity contribution in [1.82, 2.24) is 9.97 Å². The van der Waals surface area contributed by atoms with Crippen molar-refractivity contribution in [3.8, 4) is 0 Å². The van der Waals surface area contributed by atoms with Crippen LogP contribution in [0.25, 0.3) is 0 Å². The van der Waals surface area contributed by atoms with E-state index in [0.29, 0.717) is 5.69 Å². The van der Waals surface area contributed by atoms with Gasteiger partial charge in [0.1, 0.15) is 11.9 Å². The number of hydrogen-bond donors (Lipinski definition) is 1. The van der Waals surface area contributed by atoms with Crippen LogP contribution in [-0.4, -0.2) is 21.7 Å². The third-order valence-electron chi connectivity index (χ3n) is 2.46. The third kappa shape index (κ3) is 4.31. The van der Waals surface area contributed by atoms with Crippen molar-refractivity contribution in [2.24, 2.45) is 0 Å². The summed E-state index contributed by atoms with van der Waals surface area (Å²) in [6, 6.07) is 0. The molecule has 1 aromatic heterocycles. The molecule has 0 fully saturated rings. The average molecular weight is 251 g/mol. The summed E-state index contributed by atoms with van der Waals surface area (Å²) >= 11 is 0. The predicted octanol–water partition coefficient (Wildman–Crippen LogP) is 3.34. The second kappa shape index (κ2) is 5.80. The molecule has 1 aromatic rings. The van der Waals surface area contributed by atoms with Gasteiger partial charge >= 0.3 is 6.09 Å². The fraction of sp³-hybridized carbons (Fsp3) is 0.615. The van der Waals surface area contributed by atoms with Crippen molar-refractivity contribution in [2.45, 2.75) is 52.6 Å². The van der Waals surface area contributed by atoms with Crippen molar-refractivity contribution >= 4 is 11.8 Å². The van der Waals surface area contributed by atoms with E-state index in [1.807, 2.05) is 20.8 Å². The molecule has 1 amide bonds. The lowest BCUT2D eigenvalue weighted by Crippen LogP contribution is -2.27. The van der Waals surface area contributed by atoms with Gasteiger partial charge in [-0.1, -0.05) is 13.8 Å². The van der Waals surface area contributed by atoms with Gasteiger partial charge in [-0.05, 0) is 27.2 Å². The van der Waals surface area contributed by atoms with Gasteiger partial charge in [-0.2, -0.15) is 0 Å². The van der Waals surface area contributed by atoms with Crippen LogP contribution in [0.15, 0.2) is 12.5 Å². The number of ether oxygens (including phenoxy) is 1. The average Bonchev–Trinajstić information content (AvgIpc) is 2.26. The largest absolute Gasteiger partial charge is 0.444 e. The zero-order valence-corrected chi connectivity index (χ0v) is 11.7. The van der Waals surface area contributed by atoms with E-state index in [0.717, 1.165) is 12.1 Å². The second-order valence-electron chi connectivity index (χ2n) is 5.26. The first-order valence-electron chi connectivity index (χ1n) is 6.13. The number of carbonyl (C=O) groups excluding carboxylic acids is 1. The summed E-state index contributed by atoms with van der Waals surface area (Å²) in [6.45, 7) is 9.60. The molecular weight excluding hydrogens is 230 g/mol. The summed E-state index contributed by atoms with van der Waals surface area (Å²) in [4.78, 5) is 19.9. The van der Waals surface area contributed by atoms with E-state index >= 15 is 0 Å². The van der Waals surface area contributed by atoms with Crippen LogP contribution in [0.2, 0.25) is 0 Å². The topological polar surface area (TPSA) is 64.1 Å². The Morgan fingerprint density at radius 2 is 2.17 bits per heavy atom. The van der Waals surface area contributed by atoms with Crippen molar-refractivity contribution in [3.05, 3.63) is 18.2 Å². The first kappa shape index (κ1) is 14.4. The summed E-state index contributed by atoms with van der Waals surface area (Å²) in [5, 5.41) is 2.70. The van der Waals surface area contributed by atoms with E-state index < -0.39 is 11.7 Å². The summed E-state index contributed by atoms with van der Waals surface area (Å²) in [5.41, 5.74) is 0.926. The number of amides is 1. The predicted molar refractivity (Wildman–Crippen MR) is 70.6 cm³/mol. The maximum absolute atomic E-state index is 11.7. The first-order valence-corrected chi connectivity index (χ1v) is 6.13. The Kier molecular flexibility index (Phi) is 4.64. The summed E-state index contributed by atoms with van der Waals surface area (Å²) < 4.78 is 5.20. The zero-order chi connectivity index (χ0) is 13.8. The minimum Gasteiger partial charge on any atom is -0.444 e. The molecule has 0 aliphatic rings. The molecule has 0 bridgehead atoms. The van der Waals surface area contributed by atoms with Crippen LogP contribution in [0.4, 0.5) is 10.5 Å². The SMILES string of the molecule is CC[C@@H](C)c1ncncc1NC(=O)OC(C)(C)C. The Balaban J connectivity index is 2.81. The number of nitrogens with one attached hydrogen (secondary N) is 1. The van der Waals surface area contributed by atoms with Crippen molar-refractivity contribution in [2.75, 3.05) is 5.32 Å². The fourth-order valence-electron chi connectivity index (χ4n) is 1.44. The first-order chi connectivity index (χ1) is 8.33. The second-order valence-corrected chi connectivity index (χ2v) is 5.26. The van der Waals surface area contributed by atoms with E-state index in [1.165, 1.54) is 6.33 Å². The van der Waals surface area contributed by atoms with E-state index in [-0.39, 0.29) is 5.92 Å². The molecule has 0 unspecified atom stereocenters. The summed E-state index contributed by atoms with van der Waals surface area (Å²) in [5.74, 6) is 0.262. The van der Waals surface area contributed by atoms with Crippen LogP contribution in [-0.2, 0) is 4.74 Å². The Hall–Kier alpha value is -1.65. The molecule has 0 aromatic carbocycles. The monoisotopic (exact) mass is 251 g/mol. The van der Waals surface area contributed by atoms with Gasteiger partial charge in [0.15, 0.2) is 0 Å². The molecule has 0 saturated carbocycles. The highest BCUT2D eigenvalue weighted by molar-refractivity contribution is 5.85. The van der Waals surface area contributed by atoms with Gasteiger partial charge in [-0.25, -0.2) is 14.8 Å². The molecule has 1 N–H and O–H groups in total. The fourth-order valence-corrected chi connectivity index (χ4v) is 1.44. The molecular formula is C13H21N3O2. The van der Waals surface area contributed by atoms with Crippen molar-refractivity contribution < 1.29 is 9.53 Å². The van der Waals surface area contributed by atoms with Crippen LogP contribution in [0.1, 0.15) is 52.7 Å². The Morgan fingerprint density at radius 1 is 1.50 bits per heavy atom. The van der Waals surface area contributed by atoms with E-state index in [2.05, 4.69) is 29.1 Å². The molecule has 1 heterocycles. The molecule has 1 rings (SSSR count). The lowest BCUT2D eigenvalue weighted by molar-refractivity contribution is 0.0635. The van der Waals surface area contributed by atoms with Crippen LogP contribution < -0.4 is 5.32 Å². The molecule has 0 aliphatic carbocycles. The normalized spacial score (nSPS) is 12.9. The highest BCUT2D eigenvalue weighted by Gasteiger charge is 2.18. The zero-order valence-electron chi connectivity index (χ0n) is 11.7. The smallest absolute Gasteiger partial charge is 0.412 e. The Bertz CT molecular complexity index is 413. The van der Waals surface area contributed by atoms with Crippen LogP contribution in [0.3, 0.4) is 0 Å². The standard InChI is InChI=1S/C13H21N3O2/c1-6-9(2)11-10(7-14-8-15-11)16-12(17)18-13(3,4)5/h7-9H,6H2,1-5H3,(H,16,17)/t9-/m1/s1. The van der Waals surface area contributed by atoms with E-state index in [4.69, 9.17) is 4.74 Å². The molecule has 5 heteroatoms. The highest BCUT2D eigenvalue weighted by atomic mass is 16.6. The van der Waals surface area contributed by atoms with E-state index in [9.17, 15) is 4.79 Å². The number of rotatable bonds is 3. The van der Waals surface area contributed by atoms with Gasteiger partial charge < -0.3 is 4.74 Å². The molecule has 1 atom stereocenters. The van der Waals surface area contributed by atoms with Crippen LogP contribution in [0.5, 0.6) is 0 Å². The Labute approximate surface area is 108 Å². The summed E-state index contributed by atoms with van der Waals surface area (Å²) in [7, 11) is 0. The lowest BCUT2D eigenvalue weighted by atomic mass is 10.0. The van der Waals surface area contributed by atoms with Gasteiger partial charge in [0.05, 0.1) is 17.6 Å². The lowest BCUT2D eigenvalue weighted by Gasteiger charge is -2.20. The molecule has 0 radical (unpaired) electrons. The van der Waals surface area contributed by atoms with Gasteiger partial charge in [0.25, 0.3) is 0 Å². The molecule has 0 saturated heterocycles. The molecule has 5 nitrogen and oxygen atoms in total. The maximum atomic E-state index is 11.7. The number of anilines is 1. The van der Waals surface area contributed by atoms with Crippen molar-refractivity contribution in [3.63, 3.8) is 0 Å². The van der Waals surface area contributed by atoms with Crippen molar-refractivity contribution in [1.29, 1.82) is 0 Å². The third-order valence-corrected chi connectivity index (χ3v) is 2.46. The van der Waals surface area contributed by atoms with Gasteiger partial charge in [0.2, 0.25) is 0 Å². The molecule has 0 aliphatic heterocycles.